The van der Waals surface area contributed by atoms with Crippen molar-refractivity contribution in [3.8, 4) is 0 Å². The molecule has 3 aromatic rings. The number of hydrogen-bond acceptors (Lipinski definition) is 3. The van der Waals surface area contributed by atoms with E-state index in [1.165, 1.54) is 31.3 Å². The lowest BCUT2D eigenvalue weighted by atomic mass is 9.70. The molecule has 0 fully saturated rings. The summed E-state index contributed by atoms with van der Waals surface area (Å²) in [6.07, 6.45) is 1.09. The second-order valence-corrected chi connectivity index (χ2v) is 8.94. The molecule has 0 N–H and O–H groups in total. The minimum absolute atomic E-state index is 0.0142. The molecule has 21 heavy (non-hydrogen) atoms. The van der Waals surface area contributed by atoms with Crippen LogP contribution in [0.1, 0.15) is 44.7 Å². The molecular weight excluding hydrogens is 312 g/mol. The molecule has 0 atom stereocenters. The molecule has 3 heteroatoms. The van der Waals surface area contributed by atoms with Gasteiger partial charge >= 0.3 is 0 Å². The van der Waals surface area contributed by atoms with Crippen molar-refractivity contribution >= 4 is 34.0 Å². The lowest BCUT2D eigenvalue weighted by molar-refractivity contribution is 0.600. The molecule has 0 saturated carbocycles. The van der Waals surface area contributed by atoms with Crippen molar-refractivity contribution in [3.05, 3.63) is 65.7 Å². The van der Waals surface area contributed by atoms with Gasteiger partial charge < -0.3 is 0 Å². The Morgan fingerprint density at radius 1 is 0.714 bits per heavy atom. The van der Waals surface area contributed by atoms with Crippen LogP contribution in [0.15, 0.2) is 34.3 Å². The van der Waals surface area contributed by atoms with Crippen molar-refractivity contribution < 1.29 is 0 Å². The van der Waals surface area contributed by atoms with Gasteiger partial charge in [-0.2, -0.15) is 0 Å². The Bertz CT molecular complexity index is 644. The standard InChI is InChI=1S/C18H20S3/c1-5-18(15-6-12(2)19-9-15,16-7-13(3)20-10-16)17-8-14(4)21-11-17/h6-11H,5H2,1-4H3. The second-order valence-electron chi connectivity index (χ2n) is 5.60. The highest BCUT2D eigenvalue weighted by Gasteiger charge is 2.36. The lowest BCUT2D eigenvalue weighted by Crippen LogP contribution is -2.26. The van der Waals surface area contributed by atoms with Gasteiger partial charge in [0.15, 0.2) is 0 Å². The van der Waals surface area contributed by atoms with Gasteiger partial charge in [0.05, 0.1) is 0 Å². The van der Waals surface area contributed by atoms with E-state index in [0.717, 1.165) is 6.42 Å². The Morgan fingerprint density at radius 3 is 1.24 bits per heavy atom. The summed E-state index contributed by atoms with van der Waals surface area (Å²) in [5, 5.41) is 7.04. The van der Waals surface area contributed by atoms with Gasteiger partial charge in [0.25, 0.3) is 0 Å². The SMILES string of the molecule is CCC(c1csc(C)c1)(c1csc(C)c1)c1csc(C)c1. The molecule has 3 aromatic heterocycles. The highest BCUT2D eigenvalue weighted by atomic mass is 32.1. The number of hydrogen-bond donors (Lipinski definition) is 0. The Kier molecular flexibility index (Phi) is 4.08. The molecule has 0 saturated heterocycles. The van der Waals surface area contributed by atoms with E-state index in [1.54, 1.807) is 0 Å². The van der Waals surface area contributed by atoms with E-state index in [1.807, 2.05) is 34.0 Å². The fourth-order valence-electron chi connectivity index (χ4n) is 3.11. The molecule has 0 radical (unpaired) electrons. The van der Waals surface area contributed by atoms with Crippen molar-refractivity contribution in [1.29, 1.82) is 0 Å². The Hall–Kier alpha value is -0.900. The smallest absolute Gasteiger partial charge is 0.0473 e. The van der Waals surface area contributed by atoms with E-state index in [-0.39, 0.29) is 5.41 Å². The fourth-order valence-corrected chi connectivity index (χ4v) is 5.45. The van der Waals surface area contributed by atoms with Crippen LogP contribution in [0.5, 0.6) is 0 Å². The van der Waals surface area contributed by atoms with Gasteiger partial charge in [-0.3, -0.25) is 0 Å². The lowest BCUT2D eigenvalue weighted by Gasteiger charge is -2.32. The molecule has 3 rings (SSSR count). The van der Waals surface area contributed by atoms with E-state index in [0.29, 0.717) is 0 Å². The predicted molar refractivity (Wildman–Crippen MR) is 97.3 cm³/mol. The highest BCUT2D eigenvalue weighted by Crippen LogP contribution is 2.46. The van der Waals surface area contributed by atoms with Crippen LogP contribution in [-0.4, -0.2) is 0 Å². The molecule has 0 bridgehead atoms. The zero-order chi connectivity index (χ0) is 15.0. The average molecular weight is 333 g/mol. The van der Waals surface area contributed by atoms with E-state index >= 15 is 0 Å². The molecule has 0 aliphatic carbocycles. The van der Waals surface area contributed by atoms with Crippen LogP contribution in [0.2, 0.25) is 0 Å². The van der Waals surface area contributed by atoms with Gasteiger partial charge in [0.1, 0.15) is 0 Å². The summed E-state index contributed by atoms with van der Waals surface area (Å²) in [5.74, 6) is 0. The first-order valence-corrected chi connectivity index (χ1v) is 9.87. The van der Waals surface area contributed by atoms with Crippen LogP contribution in [0.3, 0.4) is 0 Å². The van der Waals surface area contributed by atoms with Crippen molar-refractivity contribution in [1.82, 2.24) is 0 Å². The summed E-state index contributed by atoms with van der Waals surface area (Å²) in [4.78, 5) is 4.17. The van der Waals surface area contributed by atoms with Crippen LogP contribution >= 0.6 is 34.0 Å². The predicted octanol–water partition coefficient (Wildman–Crippen LogP) is 6.54. The number of thiophene rings is 3. The van der Waals surface area contributed by atoms with Crippen LogP contribution in [0.25, 0.3) is 0 Å². The van der Waals surface area contributed by atoms with Crippen LogP contribution in [0, 0.1) is 20.8 Å². The first-order valence-electron chi connectivity index (χ1n) is 7.23. The van der Waals surface area contributed by atoms with Crippen molar-refractivity contribution in [2.75, 3.05) is 0 Å². The van der Waals surface area contributed by atoms with Crippen molar-refractivity contribution in [2.45, 2.75) is 39.5 Å². The zero-order valence-corrected chi connectivity index (χ0v) is 15.3. The van der Waals surface area contributed by atoms with Crippen LogP contribution in [-0.2, 0) is 5.41 Å². The summed E-state index contributed by atoms with van der Waals surface area (Å²) in [6, 6.07) is 7.11. The minimum Gasteiger partial charge on any atom is -0.149 e. The van der Waals surface area contributed by atoms with Crippen molar-refractivity contribution in [3.63, 3.8) is 0 Å². The molecule has 0 aromatic carbocycles. The quantitative estimate of drug-likeness (QED) is 0.509. The van der Waals surface area contributed by atoms with Gasteiger partial charge in [-0.25, -0.2) is 0 Å². The summed E-state index contributed by atoms with van der Waals surface area (Å²) < 4.78 is 0. The maximum absolute atomic E-state index is 2.37. The zero-order valence-electron chi connectivity index (χ0n) is 12.9. The maximum atomic E-state index is 2.37. The second kappa shape index (κ2) is 5.71. The van der Waals surface area contributed by atoms with Gasteiger partial charge in [-0.05, 0) is 78.2 Å². The van der Waals surface area contributed by atoms with Crippen molar-refractivity contribution in [2.24, 2.45) is 0 Å². The summed E-state index contributed by atoms with van der Waals surface area (Å²) in [5.41, 5.74) is 4.36. The highest BCUT2D eigenvalue weighted by molar-refractivity contribution is 7.10. The van der Waals surface area contributed by atoms with Gasteiger partial charge in [-0.1, -0.05) is 6.92 Å². The third-order valence-corrected chi connectivity index (χ3v) is 6.78. The molecule has 110 valence electrons. The third kappa shape index (κ3) is 2.52. The first-order chi connectivity index (χ1) is 10.1. The normalized spacial score (nSPS) is 12.0. The molecule has 0 aliphatic rings. The molecule has 0 amide bonds. The average Bonchev–Trinajstić information content (AvgIpc) is 3.16. The molecular formula is C18H20S3. The van der Waals surface area contributed by atoms with E-state index in [4.69, 9.17) is 0 Å². The molecule has 0 nitrogen and oxygen atoms in total. The van der Waals surface area contributed by atoms with Gasteiger partial charge in [-0.15, -0.1) is 34.0 Å². The number of aryl methyl sites for hydroxylation is 3. The Balaban J connectivity index is 2.27. The van der Waals surface area contributed by atoms with E-state index in [2.05, 4.69) is 62.0 Å². The first kappa shape index (κ1) is 15.0. The molecule has 0 unspecified atom stereocenters. The van der Waals surface area contributed by atoms with Crippen LogP contribution in [0.4, 0.5) is 0 Å². The summed E-state index contributed by atoms with van der Waals surface area (Å²) in [6.45, 7) is 8.91. The minimum atomic E-state index is 0.0142. The third-order valence-electron chi connectivity index (χ3n) is 4.20. The van der Waals surface area contributed by atoms with Gasteiger partial charge in [0, 0.05) is 20.0 Å². The Morgan fingerprint density at radius 2 is 1.05 bits per heavy atom. The number of rotatable bonds is 4. The maximum Gasteiger partial charge on any atom is 0.0473 e. The monoisotopic (exact) mass is 332 g/mol. The fraction of sp³-hybridized carbons (Fsp3) is 0.333. The molecule has 0 aliphatic heterocycles. The van der Waals surface area contributed by atoms with E-state index < -0.39 is 0 Å². The van der Waals surface area contributed by atoms with Gasteiger partial charge in [0.2, 0.25) is 0 Å². The largest absolute Gasteiger partial charge is 0.149 e. The van der Waals surface area contributed by atoms with Crippen LogP contribution < -0.4 is 0 Å². The summed E-state index contributed by atoms with van der Waals surface area (Å²) >= 11 is 5.57. The molecule has 0 spiro atoms. The topological polar surface area (TPSA) is 0 Å². The Labute approximate surface area is 139 Å². The molecule has 3 heterocycles. The van der Waals surface area contributed by atoms with E-state index in [9.17, 15) is 0 Å². The summed E-state index contributed by atoms with van der Waals surface area (Å²) in [7, 11) is 0.